The van der Waals surface area contributed by atoms with Crippen molar-refractivity contribution in [3.05, 3.63) is 63.9 Å². The van der Waals surface area contributed by atoms with Crippen molar-refractivity contribution in [2.75, 3.05) is 19.8 Å². The molecule has 2 rings (SSSR count). The minimum atomic E-state index is -0.704. The first-order valence-corrected chi connectivity index (χ1v) is 9.74. The first-order valence-electron chi connectivity index (χ1n) is 8.95. The van der Waals surface area contributed by atoms with Crippen LogP contribution in [0.15, 0.2) is 46.9 Å². The van der Waals surface area contributed by atoms with Crippen molar-refractivity contribution in [2.45, 2.75) is 19.8 Å². The van der Waals surface area contributed by atoms with Crippen LogP contribution in [0, 0.1) is 5.82 Å². The number of hydrogen-bond acceptors (Lipinski definition) is 5. The summed E-state index contributed by atoms with van der Waals surface area (Å²) in [5.41, 5.74) is 1.48. The number of rotatable bonds is 10. The summed E-state index contributed by atoms with van der Waals surface area (Å²) in [4.78, 5) is 34.7. The van der Waals surface area contributed by atoms with E-state index in [1.807, 2.05) is 12.1 Å². The zero-order valence-electron chi connectivity index (χ0n) is 15.9. The highest BCUT2D eigenvalue weighted by Crippen LogP contribution is 2.25. The number of benzene rings is 2. The SMILES string of the molecule is CC(=O)NCCCc1ccc(C(=O)COC(=O)COc2ccc(F)cc2Br)cc1. The van der Waals surface area contributed by atoms with Crippen molar-refractivity contribution >= 4 is 33.6 Å². The fourth-order valence-electron chi connectivity index (χ4n) is 2.41. The molecule has 0 bridgehead atoms. The number of Topliss-reactive ketones (excluding diaryl/α,β-unsaturated/α-hetero) is 1. The third kappa shape index (κ3) is 8.03. The Morgan fingerprint density at radius 1 is 1.07 bits per heavy atom. The zero-order chi connectivity index (χ0) is 21.2. The monoisotopic (exact) mass is 465 g/mol. The van der Waals surface area contributed by atoms with Gasteiger partial charge in [-0.1, -0.05) is 24.3 Å². The number of hydrogen-bond donors (Lipinski definition) is 1. The Hall–Kier alpha value is -2.74. The van der Waals surface area contributed by atoms with Gasteiger partial charge in [-0.05, 0) is 52.5 Å². The van der Waals surface area contributed by atoms with Crippen molar-refractivity contribution in [3.63, 3.8) is 0 Å². The zero-order valence-corrected chi connectivity index (χ0v) is 17.5. The van der Waals surface area contributed by atoms with Crippen LogP contribution in [-0.2, 0) is 20.7 Å². The molecule has 1 amide bonds. The number of nitrogens with one attached hydrogen (secondary N) is 1. The van der Waals surface area contributed by atoms with Gasteiger partial charge in [0.15, 0.2) is 19.0 Å². The van der Waals surface area contributed by atoms with Gasteiger partial charge in [-0.15, -0.1) is 0 Å². The second-order valence-electron chi connectivity index (χ2n) is 6.23. The fourth-order valence-corrected chi connectivity index (χ4v) is 2.88. The van der Waals surface area contributed by atoms with Crippen LogP contribution in [0.2, 0.25) is 0 Å². The van der Waals surface area contributed by atoms with Gasteiger partial charge in [0, 0.05) is 19.0 Å². The predicted octanol–water partition coefficient (Wildman–Crippen LogP) is 3.46. The Balaban J connectivity index is 1.73. The van der Waals surface area contributed by atoms with E-state index in [1.165, 1.54) is 25.1 Å². The molecule has 1 N–H and O–H groups in total. The maximum atomic E-state index is 13.0. The molecule has 0 aliphatic carbocycles. The van der Waals surface area contributed by atoms with E-state index in [9.17, 15) is 18.8 Å². The van der Waals surface area contributed by atoms with Gasteiger partial charge >= 0.3 is 5.97 Å². The molecule has 0 fully saturated rings. The molecule has 0 spiro atoms. The minimum Gasteiger partial charge on any atom is -0.481 e. The van der Waals surface area contributed by atoms with E-state index in [2.05, 4.69) is 21.2 Å². The number of amides is 1. The summed E-state index contributed by atoms with van der Waals surface area (Å²) in [6.45, 7) is 1.28. The standard InChI is InChI=1S/C21H21BrFNO5/c1-14(25)24-10-2-3-15-4-6-16(7-5-15)19(26)12-29-21(27)13-28-20-9-8-17(23)11-18(20)22/h4-9,11H,2-3,10,12-13H2,1H3,(H,24,25). The molecule has 0 saturated carbocycles. The molecule has 2 aromatic carbocycles. The first-order chi connectivity index (χ1) is 13.8. The van der Waals surface area contributed by atoms with Gasteiger partial charge in [0.2, 0.25) is 5.91 Å². The van der Waals surface area contributed by atoms with Gasteiger partial charge in [-0.2, -0.15) is 0 Å². The Morgan fingerprint density at radius 2 is 1.79 bits per heavy atom. The first kappa shape index (κ1) is 22.5. The van der Waals surface area contributed by atoms with Crippen LogP contribution in [0.3, 0.4) is 0 Å². The Bertz CT molecular complexity index is 870. The Kier molecular flexibility index (Phi) is 8.79. The molecule has 0 heterocycles. The van der Waals surface area contributed by atoms with Gasteiger partial charge in [-0.3, -0.25) is 9.59 Å². The molecule has 0 aliphatic rings. The van der Waals surface area contributed by atoms with Crippen molar-refractivity contribution < 1.29 is 28.2 Å². The Labute approximate surface area is 176 Å². The van der Waals surface area contributed by atoms with Gasteiger partial charge in [-0.25, -0.2) is 9.18 Å². The minimum absolute atomic E-state index is 0.0591. The molecule has 8 heteroatoms. The number of ether oxygens (including phenoxy) is 2. The molecular formula is C21H21BrFNO5. The summed E-state index contributed by atoms with van der Waals surface area (Å²) in [7, 11) is 0. The number of esters is 1. The number of ketones is 1. The average Bonchev–Trinajstić information content (AvgIpc) is 2.69. The molecule has 0 radical (unpaired) electrons. The number of aryl methyl sites for hydroxylation is 1. The van der Waals surface area contributed by atoms with Crippen molar-refractivity contribution in [1.29, 1.82) is 0 Å². The van der Waals surface area contributed by atoms with E-state index in [0.717, 1.165) is 18.4 Å². The highest BCUT2D eigenvalue weighted by molar-refractivity contribution is 9.10. The summed E-state index contributed by atoms with van der Waals surface area (Å²) in [6, 6.07) is 10.8. The topological polar surface area (TPSA) is 81.7 Å². The summed E-state index contributed by atoms with van der Waals surface area (Å²) in [6.07, 6.45) is 1.58. The number of halogens is 2. The smallest absolute Gasteiger partial charge is 0.344 e. The van der Waals surface area contributed by atoms with Crippen LogP contribution >= 0.6 is 15.9 Å². The van der Waals surface area contributed by atoms with Crippen LogP contribution in [-0.4, -0.2) is 37.4 Å². The highest BCUT2D eigenvalue weighted by atomic mass is 79.9. The third-order valence-corrected chi connectivity index (χ3v) is 4.52. The second-order valence-corrected chi connectivity index (χ2v) is 7.09. The number of carbonyl (C=O) groups is 3. The molecule has 29 heavy (non-hydrogen) atoms. The van der Waals surface area contributed by atoms with Gasteiger partial charge in [0.05, 0.1) is 4.47 Å². The van der Waals surface area contributed by atoms with E-state index in [4.69, 9.17) is 9.47 Å². The third-order valence-electron chi connectivity index (χ3n) is 3.90. The van der Waals surface area contributed by atoms with E-state index in [1.54, 1.807) is 12.1 Å². The molecule has 0 aliphatic heterocycles. The largest absolute Gasteiger partial charge is 0.481 e. The maximum Gasteiger partial charge on any atom is 0.344 e. The normalized spacial score (nSPS) is 10.3. The highest BCUT2D eigenvalue weighted by Gasteiger charge is 2.12. The molecule has 154 valence electrons. The van der Waals surface area contributed by atoms with Crippen molar-refractivity contribution in [3.8, 4) is 5.75 Å². The van der Waals surface area contributed by atoms with Crippen LogP contribution in [0.1, 0.15) is 29.3 Å². The van der Waals surface area contributed by atoms with E-state index < -0.39 is 25.0 Å². The van der Waals surface area contributed by atoms with Crippen molar-refractivity contribution in [1.82, 2.24) is 5.32 Å². The molecule has 0 saturated heterocycles. The maximum absolute atomic E-state index is 13.0. The summed E-state index contributed by atoms with van der Waals surface area (Å²) in [5.74, 6) is -1.23. The number of carbonyl (C=O) groups excluding carboxylic acids is 3. The van der Waals surface area contributed by atoms with Gasteiger partial charge in [0.25, 0.3) is 0 Å². The average molecular weight is 466 g/mol. The fraction of sp³-hybridized carbons (Fsp3) is 0.286. The van der Waals surface area contributed by atoms with E-state index >= 15 is 0 Å². The van der Waals surface area contributed by atoms with Crippen LogP contribution in [0.25, 0.3) is 0 Å². The summed E-state index contributed by atoms with van der Waals surface area (Å²) < 4.78 is 23.6. The van der Waals surface area contributed by atoms with E-state index in [-0.39, 0.29) is 11.7 Å². The van der Waals surface area contributed by atoms with Gasteiger partial charge in [0.1, 0.15) is 11.6 Å². The molecule has 6 nitrogen and oxygen atoms in total. The van der Waals surface area contributed by atoms with Crippen LogP contribution < -0.4 is 10.1 Å². The summed E-state index contributed by atoms with van der Waals surface area (Å²) in [5, 5.41) is 2.73. The quantitative estimate of drug-likeness (QED) is 0.330. The molecule has 0 atom stereocenters. The van der Waals surface area contributed by atoms with Gasteiger partial charge < -0.3 is 14.8 Å². The molecule has 0 aromatic heterocycles. The second kappa shape index (κ2) is 11.3. The van der Waals surface area contributed by atoms with Crippen LogP contribution in [0.5, 0.6) is 5.75 Å². The van der Waals surface area contributed by atoms with Crippen molar-refractivity contribution in [2.24, 2.45) is 0 Å². The van der Waals surface area contributed by atoms with Crippen LogP contribution in [0.4, 0.5) is 4.39 Å². The lowest BCUT2D eigenvalue weighted by Gasteiger charge is -2.08. The Morgan fingerprint density at radius 3 is 2.45 bits per heavy atom. The lowest BCUT2D eigenvalue weighted by atomic mass is 10.1. The van der Waals surface area contributed by atoms with E-state index in [0.29, 0.717) is 22.3 Å². The molecule has 2 aromatic rings. The summed E-state index contributed by atoms with van der Waals surface area (Å²) >= 11 is 3.13. The lowest BCUT2D eigenvalue weighted by molar-refractivity contribution is -0.144. The molecular weight excluding hydrogens is 445 g/mol. The molecule has 0 unspecified atom stereocenters. The lowest BCUT2D eigenvalue weighted by Crippen LogP contribution is -2.21. The predicted molar refractivity (Wildman–Crippen MR) is 108 cm³/mol.